The number of hydrogen-bond acceptors (Lipinski definition) is 4. The van der Waals surface area contributed by atoms with Gasteiger partial charge in [0.05, 0.1) is 20.8 Å². The molecule has 1 N–H and O–H groups in total. The smallest absolute Gasteiger partial charge is 0.322 e. The standard InChI is InChI=1S/C19H27N3O4/c1-21-8-5-7-16(21)14-22(9-6-10-24-2)19(23)20-15-11-17(25-3)13-18(12-15)26-4/h5,7-8,11-13H,6,9-10,14H2,1-4H3,(H,20,23). The summed E-state index contributed by atoms with van der Waals surface area (Å²) in [7, 11) is 6.78. The SMILES string of the molecule is COCCCN(Cc1cccn1C)C(=O)Nc1cc(OC)cc(OC)c1. The van der Waals surface area contributed by atoms with Crippen LogP contribution < -0.4 is 14.8 Å². The van der Waals surface area contributed by atoms with Gasteiger partial charge >= 0.3 is 6.03 Å². The normalized spacial score (nSPS) is 10.5. The van der Waals surface area contributed by atoms with E-state index in [0.717, 1.165) is 12.1 Å². The van der Waals surface area contributed by atoms with Crippen LogP contribution in [0, 0.1) is 0 Å². The van der Waals surface area contributed by atoms with E-state index in [9.17, 15) is 4.79 Å². The van der Waals surface area contributed by atoms with E-state index in [1.165, 1.54) is 0 Å². The highest BCUT2D eigenvalue weighted by Crippen LogP contribution is 2.26. The Balaban J connectivity index is 2.13. The summed E-state index contributed by atoms with van der Waals surface area (Å²) >= 11 is 0. The molecule has 7 nitrogen and oxygen atoms in total. The Morgan fingerprint density at radius 2 is 1.85 bits per heavy atom. The Morgan fingerprint density at radius 3 is 2.38 bits per heavy atom. The van der Waals surface area contributed by atoms with E-state index in [1.807, 2.05) is 29.9 Å². The number of carbonyl (C=O) groups excluding carboxylic acids is 1. The van der Waals surface area contributed by atoms with Gasteiger partial charge in [-0.1, -0.05) is 0 Å². The number of nitrogens with zero attached hydrogens (tertiary/aromatic N) is 2. The lowest BCUT2D eigenvalue weighted by Gasteiger charge is -2.23. The second-order valence-corrected chi connectivity index (χ2v) is 5.91. The monoisotopic (exact) mass is 361 g/mol. The summed E-state index contributed by atoms with van der Waals surface area (Å²) in [5, 5.41) is 2.93. The van der Waals surface area contributed by atoms with Crippen molar-refractivity contribution in [2.75, 3.05) is 39.8 Å². The molecule has 0 fully saturated rings. The second-order valence-electron chi connectivity index (χ2n) is 5.91. The Morgan fingerprint density at radius 1 is 1.15 bits per heavy atom. The molecule has 0 aliphatic heterocycles. The first-order chi connectivity index (χ1) is 12.6. The Hall–Kier alpha value is -2.67. The van der Waals surface area contributed by atoms with Crippen LogP contribution in [0.15, 0.2) is 36.5 Å². The lowest BCUT2D eigenvalue weighted by molar-refractivity contribution is 0.171. The molecule has 0 aliphatic rings. The van der Waals surface area contributed by atoms with E-state index in [-0.39, 0.29) is 6.03 Å². The molecular formula is C19H27N3O4. The lowest BCUT2D eigenvalue weighted by Crippen LogP contribution is -2.36. The number of ether oxygens (including phenoxy) is 3. The Labute approximate surface area is 154 Å². The zero-order valence-electron chi connectivity index (χ0n) is 15.8. The Kier molecular flexibility index (Phi) is 7.35. The molecular weight excluding hydrogens is 334 g/mol. The molecule has 0 bridgehead atoms. The first kappa shape index (κ1) is 19.7. The molecule has 0 saturated heterocycles. The minimum absolute atomic E-state index is 0.183. The van der Waals surface area contributed by atoms with Gasteiger partial charge in [-0.2, -0.15) is 0 Å². The highest BCUT2D eigenvalue weighted by molar-refractivity contribution is 5.89. The summed E-state index contributed by atoms with van der Waals surface area (Å²) in [6, 6.07) is 9.07. The molecule has 26 heavy (non-hydrogen) atoms. The molecule has 2 amide bonds. The summed E-state index contributed by atoms with van der Waals surface area (Å²) < 4.78 is 17.6. The number of carbonyl (C=O) groups is 1. The van der Waals surface area contributed by atoms with E-state index in [0.29, 0.717) is 36.9 Å². The third-order valence-corrected chi connectivity index (χ3v) is 4.07. The predicted molar refractivity (Wildman–Crippen MR) is 101 cm³/mol. The number of benzene rings is 1. The maximum Gasteiger partial charge on any atom is 0.322 e. The van der Waals surface area contributed by atoms with E-state index in [2.05, 4.69) is 5.32 Å². The molecule has 7 heteroatoms. The minimum atomic E-state index is -0.183. The maximum atomic E-state index is 12.8. The van der Waals surface area contributed by atoms with Crippen LogP contribution in [-0.4, -0.2) is 50.0 Å². The van der Waals surface area contributed by atoms with Crippen LogP contribution in [0.25, 0.3) is 0 Å². The molecule has 0 radical (unpaired) electrons. The number of urea groups is 1. The highest BCUT2D eigenvalue weighted by Gasteiger charge is 2.16. The third-order valence-electron chi connectivity index (χ3n) is 4.07. The van der Waals surface area contributed by atoms with Gasteiger partial charge in [-0.3, -0.25) is 0 Å². The molecule has 2 rings (SSSR count). The van der Waals surface area contributed by atoms with Gasteiger partial charge in [0.2, 0.25) is 0 Å². The fourth-order valence-corrected chi connectivity index (χ4v) is 2.59. The second kappa shape index (κ2) is 9.72. The largest absolute Gasteiger partial charge is 0.497 e. The van der Waals surface area contributed by atoms with Crippen molar-refractivity contribution in [2.24, 2.45) is 7.05 Å². The van der Waals surface area contributed by atoms with Crippen molar-refractivity contribution in [1.82, 2.24) is 9.47 Å². The average Bonchev–Trinajstić information content (AvgIpc) is 3.05. The van der Waals surface area contributed by atoms with E-state index in [1.54, 1.807) is 44.4 Å². The van der Waals surface area contributed by atoms with Crippen molar-refractivity contribution >= 4 is 11.7 Å². The van der Waals surface area contributed by atoms with Gasteiger partial charge in [-0.25, -0.2) is 4.79 Å². The molecule has 0 atom stereocenters. The summed E-state index contributed by atoms with van der Waals surface area (Å²) in [4.78, 5) is 14.6. The van der Waals surface area contributed by atoms with E-state index >= 15 is 0 Å². The van der Waals surface area contributed by atoms with Crippen molar-refractivity contribution in [3.8, 4) is 11.5 Å². The van der Waals surface area contributed by atoms with Crippen LogP contribution in [0.3, 0.4) is 0 Å². The molecule has 0 aliphatic carbocycles. The zero-order valence-corrected chi connectivity index (χ0v) is 15.8. The summed E-state index contributed by atoms with van der Waals surface area (Å²) in [5.74, 6) is 1.24. The summed E-state index contributed by atoms with van der Waals surface area (Å²) in [6.45, 7) is 1.70. The van der Waals surface area contributed by atoms with Crippen molar-refractivity contribution in [2.45, 2.75) is 13.0 Å². The van der Waals surface area contributed by atoms with Crippen molar-refractivity contribution in [3.05, 3.63) is 42.2 Å². The van der Waals surface area contributed by atoms with Crippen molar-refractivity contribution in [1.29, 1.82) is 0 Å². The van der Waals surface area contributed by atoms with Gasteiger partial charge in [-0.05, 0) is 18.6 Å². The molecule has 0 unspecified atom stereocenters. The number of aromatic nitrogens is 1. The van der Waals surface area contributed by atoms with Gasteiger partial charge in [-0.15, -0.1) is 0 Å². The molecule has 0 saturated carbocycles. The Bertz CT molecular complexity index is 692. The topological polar surface area (TPSA) is 65.0 Å². The van der Waals surface area contributed by atoms with Gasteiger partial charge in [0.25, 0.3) is 0 Å². The number of methoxy groups -OCH3 is 3. The molecule has 1 heterocycles. The maximum absolute atomic E-state index is 12.8. The highest BCUT2D eigenvalue weighted by atomic mass is 16.5. The quantitative estimate of drug-likeness (QED) is 0.697. The van der Waals surface area contributed by atoms with Gasteiger partial charge in [0.15, 0.2) is 0 Å². The summed E-state index contributed by atoms with van der Waals surface area (Å²) in [6.07, 6.45) is 2.73. The number of hydrogen-bond donors (Lipinski definition) is 1. The van der Waals surface area contributed by atoms with E-state index in [4.69, 9.17) is 14.2 Å². The fourth-order valence-electron chi connectivity index (χ4n) is 2.59. The van der Waals surface area contributed by atoms with Crippen LogP contribution >= 0.6 is 0 Å². The number of nitrogens with one attached hydrogen (secondary N) is 1. The van der Waals surface area contributed by atoms with Crippen molar-refractivity contribution < 1.29 is 19.0 Å². The van der Waals surface area contributed by atoms with Crippen LogP contribution in [0.5, 0.6) is 11.5 Å². The number of amides is 2. The first-order valence-electron chi connectivity index (χ1n) is 8.45. The molecule has 142 valence electrons. The summed E-state index contributed by atoms with van der Waals surface area (Å²) in [5.41, 5.74) is 1.68. The van der Waals surface area contributed by atoms with Crippen LogP contribution in [0.1, 0.15) is 12.1 Å². The number of anilines is 1. The van der Waals surface area contributed by atoms with E-state index < -0.39 is 0 Å². The van der Waals surface area contributed by atoms with Gasteiger partial charge < -0.3 is 29.0 Å². The third kappa shape index (κ3) is 5.42. The van der Waals surface area contributed by atoms with Crippen molar-refractivity contribution in [3.63, 3.8) is 0 Å². The van der Waals surface area contributed by atoms with Gasteiger partial charge in [0, 0.05) is 63.1 Å². The fraction of sp³-hybridized carbons (Fsp3) is 0.421. The molecule has 1 aromatic carbocycles. The minimum Gasteiger partial charge on any atom is -0.497 e. The predicted octanol–water partition coefficient (Wildman–Crippen LogP) is 3.11. The molecule has 0 spiro atoms. The van der Waals surface area contributed by atoms with Gasteiger partial charge in [0.1, 0.15) is 11.5 Å². The average molecular weight is 361 g/mol. The van der Waals surface area contributed by atoms with Crippen LogP contribution in [0.2, 0.25) is 0 Å². The molecule has 1 aromatic heterocycles. The van der Waals surface area contributed by atoms with Crippen LogP contribution in [0.4, 0.5) is 10.5 Å². The zero-order chi connectivity index (χ0) is 18.9. The number of rotatable bonds is 9. The number of aryl methyl sites for hydroxylation is 1. The lowest BCUT2D eigenvalue weighted by atomic mass is 10.2. The first-order valence-corrected chi connectivity index (χ1v) is 8.45. The van der Waals surface area contributed by atoms with Crippen LogP contribution in [-0.2, 0) is 18.3 Å². The molecule has 2 aromatic rings.